The number of para-hydroxylation sites is 1. The second-order valence-electron chi connectivity index (χ2n) is 11.8. The number of hydrogen-bond acceptors (Lipinski definition) is 9. The fourth-order valence-electron chi connectivity index (χ4n) is 5.88. The van der Waals surface area contributed by atoms with E-state index in [0.29, 0.717) is 38.5 Å². The summed E-state index contributed by atoms with van der Waals surface area (Å²) in [6, 6.07) is 21.6. The number of rotatable bonds is 11. The van der Waals surface area contributed by atoms with Crippen LogP contribution in [0.1, 0.15) is 66.7 Å². The van der Waals surface area contributed by atoms with Gasteiger partial charge in [0.15, 0.2) is 4.80 Å². The Labute approximate surface area is 293 Å². The molecule has 0 unspecified atom stereocenters. The zero-order valence-electron chi connectivity index (χ0n) is 28.6. The van der Waals surface area contributed by atoms with Crippen molar-refractivity contribution in [3.63, 3.8) is 0 Å². The van der Waals surface area contributed by atoms with Crippen LogP contribution in [0, 0.1) is 6.92 Å². The minimum absolute atomic E-state index is 0.160. The molecule has 256 valence electrons. The number of ether oxygens (including phenoxy) is 3. The molecule has 0 saturated carbocycles. The molecule has 2 aromatic heterocycles. The molecule has 10 nitrogen and oxygen atoms in total. The van der Waals surface area contributed by atoms with Gasteiger partial charge in [-0.1, -0.05) is 55.0 Å². The van der Waals surface area contributed by atoms with E-state index in [1.54, 1.807) is 42.8 Å². The highest BCUT2D eigenvalue weighted by molar-refractivity contribution is 7.07. The summed E-state index contributed by atoms with van der Waals surface area (Å²) in [6.45, 7) is 8.42. The lowest BCUT2D eigenvalue weighted by Gasteiger charge is -2.24. The SMILES string of the molecule is CCCCOc1ccc(-c2nn(-c3ccccc3)cc2/C=c2\sc3n(c2=O)[C@H](c2ccc(C(=O)OC)cc2)C(C(=O)OCC)=C(C)N=3)cc1C. The molecule has 0 radical (unpaired) electrons. The van der Waals surface area contributed by atoms with Crippen molar-refractivity contribution in [2.24, 2.45) is 4.99 Å². The average Bonchev–Trinajstić information content (AvgIpc) is 3.68. The lowest BCUT2D eigenvalue weighted by molar-refractivity contribution is -0.139. The molecule has 50 heavy (non-hydrogen) atoms. The van der Waals surface area contributed by atoms with E-state index in [2.05, 4.69) is 6.92 Å². The van der Waals surface area contributed by atoms with Crippen molar-refractivity contribution in [2.45, 2.75) is 46.6 Å². The van der Waals surface area contributed by atoms with Gasteiger partial charge in [-0.15, -0.1) is 0 Å². The number of fused-ring (bicyclic) bond motifs is 1. The number of nitrogens with zero attached hydrogens (tertiary/aromatic N) is 4. The quantitative estimate of drug-likeness (QED) is 0.125. The van der Waals surface area contributed by atoms with E-state index in [1.165, 1.54) is 23.0 Å². The first-order valence-electron chi connectivity index (χ1n) is 16.5. The molecule has 11 heteroatoms. The summed E-state index contributed by atoms with van der Waals surface area (Å²) in [7, 11) is 1.31. The van der Waals surface area contributed by atoms with Crippen molar-refractivity contribution < 1.29 is 23.8 Å². The first-order valence-corrected chi connectivity index (χ1v) is 17.3. The van der Waals surface area contributed by atoms with E-state index < -0.39 is 18.0 Å². The third kappa shape index (κ3) is 6.81. The molecule has 6 rings (SSSR count). The molecule has 0 aliphatic carbocycles. The van der Waals surface area contributed by atoms with Crippen LogP contribution in [0.2, 0.25) is 0 Å². The second-order valence-corrected chi connectivity index (χ2v) is 12.8. The van der Waals surface area contributed by atoms with Crippen LogP contribution >= 0.6 is 11.3 Å². The largest absolute Gasteiger partial charge is 0.493 e. The molecular weight excluding hydrogens is 653 g/mol. The Morgan fingerprint density at radius 2 is 1.74 bits per heavy atom. The van der Waals surface area contributed by atoms with Crippen LogP contribution < -0.4 is 19.6 Å². The average molecular weight is 691 g/mol. The Hall–Kier alpha value is -5.55. The van der Waals surface area contributed by atoms with Crippen molar-refractivity contribution in [3.8, 4) is 22.7 Å². The molecule has 1 atom stereocenters. The van der Waals surface area contributed by atoms with Crippen LogP contribution in [0.4, 0.5) is 0 Å². The molecule has 3 aromatic carbocycles. The number of benzene rings is 3. The third-order valence-electron chi connectivity index (χ3n) is 8.42. The van der Waals surface area contributed by atoms with Crippen molar-refractivity contribution >= 4 is 29.4 Å². The van der Waals surface area contributed by atoms with Crippen LogP contribution in [0.5, 0.6) is 5.75 Å². The topological polar surface area (TPSA) is 114 Å². The Morgan fingerprint density at radius 1 is 0.980 bits per heavy atom. The number of esters is 2. The molecular formula is C39H38N4O6S. The van der Waals surface area contributed by atoms with E-state index in [0.717, 1.165) is 41.0 Å². The Balaban J connectivity index is 1.51. The van der Waals surface area contributed by atoms with Crippen molar-refractivity contribution in [1.29, 1.82) is 0 Å². The molecule has 0 N–H and O–H groups in total. The monoisotopic (exact) mass is 690 g/mol. The first kappa shape index (κ1) is 34.3. The number of unbranched alkanes of at least 4 members (excludes halogenated alkanes) is 1. The summed E-state index contributed by atoms with van der Waals surface area (Å²) in [5.74, 6) is -0.223. The molecule has 0 amide bonds. The normalized spacial score (nSPS) is 14.3. The predicted molar refractivity (Wildman–Crippen MR) is 192 cm³/mol. The zero-order valence-corrected chi connectivity index (χ0v) is 29.5. The van der Waals surface area contributed by atoms with Gasteiger partial charge >= 0.3 is 11.9 Å². The minimum Gasteiger partial charge on any atom is -0.493 e. The molecule has 0 saturated heterocycles. The van der Waals surface area contributed by atoms with Crippen molar-refractivity contribution in [2.75, 3.05) is 20.3 Å². The number of aromatic nitrogens is 3. The number of methoxy groups -OCH3 is 1. The van der Waals surface area contributed by atoms with E-state index in [-0.39, 0.29) is 17.7 Å². The van der Waals surface area contributed by atoms with Crippen LogP contribution in [-0.4, -0.2) is 46.6 Å². The Bertz CT molecular complexity index is 2270. The van der Waals surface area contributed by atoms with Crippen LogP contribution in [0.25, 0.3) is 23.0 Å². The summed E-state index contributed by atoms with van der Waals surface area (Å²) in [4.78, 5) is 45.0. The van der Waals surface area contributed by atoms with Gasteiger partial charge in [-0.2, -0.15) is 5.10 Å². The van der Waals surface area contributed by atoms with E-state index in [9.17, 15) is 14.4 Å². The van der Waals surface area contributed by atoms with Gasteiger partial charge in [0.25, 0.3) is 5.56 Å². The molecule has 0 fully saturated rings. The lowest BCUT2D eigenvalue weighted by Crippen LogP contribution is -2.40. The van der Waals surface area contributed by atoms with Gasteiger partial charge in [0, 0.05) is 17.3 Å². The molecule has 1 aliphatic heterocycles. The molecule has 0 bridgehead atoms. The van der Waals surface area contributed by atoms with Gasteiger partial charge < -0.3 is 14.2 Å². The zero-order chi connectivity index (χ0) is 35.4. The summed E-state index contributed by atoms with van der Waals surface area (Å²) in [5, 5.41) is 4.97. The highest BCUT2D eigenvalue weighted by atomic mass is 32.1. The fourth-order valence-corrected chi connectivity index (χ4v) is 6.92. The van der Waals surface area contributed by atoms with Gasteiger partial charge in [-0.3, -0.25) is 9.36 Å². The van der Waals surface area contributed by atoms with Gasteiger partial charge in [0.2, 0.25) is 0 Å². The number of thiazole rings is 1. The number of carbonyl (C=O) groups excluding carboxylic acids is 2. The van der Waals surface area contributed by atoms with E-state index in [4.69, 9.17) is 24.3 Å². The molecule has 3 heterocycles. The predicted octanol–water partition coefficient (Wildman–Crippen LogP) is 5.92. The first-order chi connectivity index (χ1) is 24.2. The molecule has 0 spiro atoms. The van der Waals surface area contributed by atoms with Crippen LogP contribution in [0.15, 0.2) is 100 Å². The highest BCUT2D eigenvalue weighted by Gasteiger charge is 2.33. The Kier molecular flexibility index (Phi) is 10.2. The Morgan fingerprint density at radius 3 is 2.42 bits per heavy atom. The maximum absolute atomic E-state index is 14.4. The van der Waals surface area contributed by atoms with Gasteiger partial charge in [0.1, 0.15) is 11.4 Å². The number of hydrogen-bond donors (Lipinski definition) is 0. The highest BCUT2D eigenvalue weighted by Crippen LogP contribution is 2.32. The maximum atomic E-state index is 14.4. The summed E-state index contributed by atoms with van der Waals surface area (Å²) in [6.07, 6.45) is 5.76. The lowest BCUT2D eigenvalue weighted by atomic mass is 9.95. The van der Waals surface area contributed by atoms with Crippen molar-refractivity contribution in [3.05, 3.63) is 132 Å². The maximum Gasteiger partial charge on any atom is 0.338 e. The summed E-state index contributed by atoms with van der Waals surface area (Å²) >= 11 is 1.23. The van der Waals surface area contributed by atoms with E-state index >= 15 is 0 Å². The summed E-state index contributed by atoms with van der Waals surface area (Å²) < 4.78 is 20.0. The second kappa shape index (κ2) is 14.9. The van der Waals surface area contributed by atoms with Gasteiger partial charge in [0.05, 0.1) is 53.4 Å². The van der Waals surface area contributed by atoms with Crippen LogP contribution in [-0.2, 0) is 14.3 Å². The molecule has 5 aromatic rings. The summed E-state index contributed by atoms with van der Waals surface area (Å²) in [5.41, 5.74) is 5.52. The van der Waals surface area contributed by atoms with Crippen molar-refractivity contribution in [1.82, 2.24) is 14.3 Å². The smallest absolute Gasteiger partial charge is 0.338 e. The van der Waals surface area contributed by atoms with Gasteiger partial charge in [-0.05, 0) is 86.9 Å². The number of carbonyl (C=O) groups is 2. The van der Waals surface area contributed by atoms with Gasteiger partial charge in [-0.25, -0.2) is 19.3 Å². The number of allylic oxidation sites excluding steroid dienone is 1. The number of aryl methyl sites for hydroxylation is 1. The third-order valence-corrected chi connectivity index (χ3v) is 9.40. The minimum atomic E-state index is -0.825. The standard InChI is InChI=1S/C39H38N4O6S/c1-6-8-20-49-31-19-18-28(21-24(31)3)34-29(23-42(41-34)30-12-10-9-11-13-30)22-32-36(44)43-35(26-14-16-27(17-15-26)37(45)47-5)33(38(46)48-7-2)25(4)40-39(43)50-32/h9-19,21-23,35H,6-8,20H2,1-5H3/b32-22-/t35-/m1/s1. The fraction of sp³-hybridized carbons (Fsp3) is 0.256. The molecule has 1 aliphatic rings. The van der Waals surface area contributed by atoms with Crippen LogP contribution in [0.3, 0.4) is 0 Å². The van der Waals surface area contributed by atoms with E-state index in [1.807, 2.05) is 67.7 Å².